The van der Waals surface area contributed by atoms with Crippen molar-refractivity contribution >= 4 is 0 Å². The van der Waals surface area contributed by atoms with Gasteiger partial charge in [0.25, 0.3) is 0 Å². The summed E-state index contributed by atoms with van der Waals surface area (Å²) >= 11 is 0. The van der Waals surface area contributed by atoms with E-state index in [-0.39, 0.29) is 12.1 Å². The summed E-state index contributed by atoms with van der Waals surface area (Å²) in [6, 6.07) is 0. The summed E-state index contributed by atoms with van der Waals surface area (Å²) in [5, 5.41) is 13.1. The minimum Gasteiger partial charge on any atom is -0.394 e. The Hall–Kier alpha value is -0.120. The molecule has 0 aliphatic heterocycles. The van der Waals surface area contributed by atoms with Gasteiger partial charge in [0.2, 0.25) is 0 Å². The molecule has 0 heterocycles. The molecule has 0 aromatic heterocycles. The number of nitrogens with one attached hydrogen (secondary N) is 1. The molecule has 1 saturated carbocycles. The maximum atomic E-state index is 9.57. The number of aliphatic hydroxyl groups excluding tert-OH is 1. The first kappa shape index (κ1) is 13.9. The number of unbranched alkanes of at least 4 members (excludes halogenated alkanes) is 1. The van der Waals surface area contributed by atoms with Crippen molar-refractivity contribution in [2.24, 2.45) is 5.92 Å². The fourth-order valence-corrected chi connectivity index (χ4v) is 2.75. The van der Waals surface area contributed by atoms with E-state index in [1.54, 1.807) is 7.11 Å². The fourth-order valence-electron chi connectivity index (χ4n) is 2.75. The lowest BCUT2D eigenvalue weighted by Crippen LogP contribution is -2.51. The molecular weight excluding hydrogens is 202 g/mol. The Bertz CT molecular complexity index is 187. The molecule has 16 heavy (non-hydrogen) atoms. The molecule has 0 saturated heterocycles. The highest BCUT2D eigenvalue weighted by molar-refractivity contribution is 4.92. The van der Waals surface area contributed by atoms with Crippen molar-refractivity contribution in [3.8, 4) is 0 Å². The second-order valence-electron chi connectivity index (χ2n) is 5.27. The molecule has 1 aliphatic rings. The van der Waals surface area contributed by atoms with E-state index >= 15 is 0 Å². The Morgan fingerprint density at radius 3 is 2.88 bits per heavy atom. The van der Waals surface area contributed by atoms with Crippen molar-refractivity contribution < 1.29 is 9.84 Å². The molecule has 0 aromatic rings. The van der Waals surface area contributed by atoms with E-state index in [1.807, 2.05) is 0 Å². The third kappa shape index (κ3) is 4.40. The van der Waals surface area contributed by atoms with E-state index < -0.39 is 0 Å². The lowest BCUT2D eigenvalue weighted by molar-refractivity contribution is 0.0985. The van der Waals surface area contributed by atoms with Crippen LogP contribution in [0.4, 0.5) is 0 Å². The zero-order valence-corrected chi connectivity index (χ0v) is 10.8. The molecule has 0 amide bonds. The SMILES string of the molecule is COCCCCNC1(CO)CCCC(C)C1. The highest BCUT2D eigenvalue weighted by Gasteiger charge is 2.33. The lowest BCUT2D eigenvalue weighted by Gasteiger charge is -2.39. The zero-order chi connectivity index (χ0) is 11.9. The Kier molecular flexibility index (Phi) is 6.32. The molecule has 2 unspecified atom stereocenters. The summed E-state index contributed by atoms with van der Waals surface area (Å²) in [6.45, 7) is 4.40. The predicted octanol–water partition coefficient (Wildman–Crippen LogP) is 1.94. The normalized spacial score (nSPS) is 30.6. The minimum atomic E-state index is 0.00470. The summed E-state index contributed by atoms with van der Waals surface area (Å²) in [6.07, 6.45) is 7.02. The van der Waals surface area contributed by atoms with E-state index in [0.29, 0.717) is 0 Å². The van der Waals surface area contributed by atoms with E-state index in [1.165, 1.54) is 12.8 Å². The number of methoxy groups -OCH3 is 1. The second-order valence-corrected chi connectivity index (χ2v) is 5.27. The molecule has 2 atom stereocenters. The number of rotatable bonds is 7. The van der Waals surface area contributed by atoms with Gasteiger partial charge in [-0.05, 0) is 38.1 Å². The highest BCUT2D eigenvalue weighted by atomic mass is 16.5. The van der Waals surface area contributed by atoms with Gasteiger partial charge in [-0.2, -0.15) is 0 Å². The van der Waals surface area contributed by atoms with Gasteiger partial charge in [-0.1, -0.05) is 19.8 Å². The number of hydrogen-bond donors (Lipinski definition) is 2. The van der Waals surface area contributed by atoms with Crippen LogP contribution in [0.2, 0.25) is 0 Å². The topological polar surface area (TPSA) is 41.5 Å². The molecule has 0 bridgehead atoms. The van der Waals surface area contributed by atoms with Gasteiger partial charge in [0, 0.05) is 19.3 Å². The van der Waals surface area contributed by atoms with Crippen molar-refractivity contribution in [1.29, 1.82) is 0 Å². The van der Waals surface area contributed by atoms with Gasteiger partial charge in [-0.15, -0.1) is 0 Å². The van der Waals surface area contributed by atoms with Gasteiger partial charge in [0.1, 0.15) is 0 Å². The van der Waals surface area contributed by atoms with E-state index in [0.717, 1.165) is 44.8 Å². The summed E-state index contributed by atoms with van der Waals surface area (Å²) in [7, 11) is 1.74. The van der Waals surface area contributed by atoms with Crippen LogP contribution in [0, 0.1) is 5.92 Å². The standard InChI is InChI=1S/C13H27NO2/c1-12-6-5-7-13(10-12,11-15)14-8-3-4-9-16-2/h12,14-15H,3-11H2,1-2H3. The van der Waals surface area contributed by atoms with Crippen molar-refractivity contribution in [3.05, 3.63) is 0 Å². The smallest absolute Gasteiger partial charge is 0.0613 e. The average molecular weight is 229 g/mol. The maximum Gasteiger partial charge on any atom is 0.0613 e. The molecule has 0 radical (unpaired) electrons. The van der Waals surface area contributed by atoms with Crippen molar-refractivity contribution in [1.82, 2.24) is 5.32 Å². The highest BCUT2D eigenvalue weighted by Crippen LogP contribution is 2.31. The Balaban J connectivity index is 2.24. The molecule has 0 aromatic carbocycles. The van der Waals surface area contributed by atoms with Gasteiger partial charge in [-0.3, -0.25) is 0 Å². The zero-order valence-electron chi connectivity index (χ0n) is 10.8. The number of aliphatic hydroxyl groups is 1. The van der Waals surface area contributed by atoms with E-state index in [4.69, 9.17) is 4.74 Å². The summed E-state index contributed by atoms with van der Waals surface area (Å²) < 4.78 is 5.03. The van der Waals surface area contributed by atoms with E-state index in [2.05, 4.69) is 12.2 Å². The van der Waals surface area contributed by atoms with Crippen LogP contribution in [-0.4, -0.2) is 37.5 Å². The quantitative estimate of drug-likeness (QED) is 0.656. The largest absolute Gasteiger partial charge is 0.394 e. The number of hydrogen-bond acceptors (Lipinski definition) is 3. The maximum absolute atomic E-state index is 9.57. The first-order chi connectivity index (χ1) is 7.72. The third-order valence-corrected chi connectivity index (χ3v) is 3.67. The fraction of sp³-hybridized carbons (Fsp3) is 1.00. The Morgan fingerprint density at radius 2 is 2.25 bits per heavy atom. The van der Waals surface area contributed by atoms with Crippen LogP contribution in [0.15, 0.2) is 0 Å². The van der Waals surface area contributed by atoms with Crippen LogP contribution in [0.5, 0.6) is 0 Å². The van der Waals surface area contributed by atoms with E-state index in [9.17, 15) is 5.11 Å². The molecule has 2 N–H and O–H groups in total. The van der Waals surface area contributed by atoms with Crippen LogP contribution >= 0.6 is 0 Å². The van der Waals surface area contributed by atoms with Gasteiger partial charge in [0.05, 0.1) is 6.61 Å². The average Bonchev–Trinajstić information content (AvgIpc) is 2.29. The van der Waals surface area contributed by atoms with Gasteiger partial charge < -0.3 is 15.2 Å². The molecular formula is C13H27NO2. The van der Waals surface area contributed by atoms with Gasteiger partial charge >= 0.3 is 0 Å². The molecule has 3 nitrogen and oxygen atoms in total. The van der Waals surface area contributed by atoms with Gasteiger partial charge in [0.15, 0.2) is 0 Å². The van der Waals surface area contributed by atoms with Crippen molar-refractivity contribution in [3.63, 3.8) is 0 Å². The molecule has 1 fully saturated rings. The predicted molar refractivity (Wildman–Crippen MR) is 66.6 cm³/mol. The molecule has 1 rings (SSSR count). The summed E-state index contributed by atoms with van der Waals surface area (Å²) in [4.78, 5) is 0. The monoisotopic (exact) mass is 229 g/mol. The van der Waals surface area contributed by atoms with Crippen molar-refractivity contribution in [2.45, 2.75) is 51.0 Å². The van der Waals surface area contributed by atoms with Crippen molar-refractivity contribution in [2.75, 3.05) is 26.9 Å². The van der Waals surface area contributed by atoms with Crippen LogP contribution < -0.4 is 5.32 Å². The van der Waals surface area contributed by atoms with Crippen LogP contribution in [0.25, 0.3) is 0 Å². The Morgan fingerprint density at radius 1 is 1.44 bits per heavy atom. The van der Waals surface area contributed by atoms with Crippen LogP contribution in [-0.2, 0) is 4.74 Å². The third-order valence-electron chi connectivity index (χ3n) is 3.67. The summed E-state index contributed by atoms with van der Waals surface area (Å²) in [5.74, 6) is 0.743. The first-order valence-corrected chi connectivity index (χ1v) is 6.57. The molecule has 3 heteroatoms. The number of ether oxygens (including phenoxy) is 1. The lowest BCUT2D eigenvalue weighted by atomic mass is 9.77. The first-order valence-electron chi connectivity index (χ1n) is 6.57. The molecule has 0 spiro atoms. The van der Waals surface area contributed by atoms with Crippen LogP contribution in [0.1, 0.15) is 45.4 Å². The van der Waals surface area contributed by atoms with Crippen LogP contribution in [0.3, 0.4) is 0 Å². The van der Waals surface area contributed by atoms with Gasteiger partial charge in [-0.25, -0.2) is 0 Å². The molecule has 96 valence electrons. The Labute approximate surface area is 99.6 Å². The minimum absolute atomic E-state index is 0.00470. The summed E-state index contributed by atoms with van der Waals surface area (Å²) in [5.41, 5.74) is 0.00470. The second kappa shape index (κ2) is 7.25. The molecule has 1 aliphatic carbocycles.